The summed E-state index contributed by atoms with van der Waals surface area (Å²) in [5.74, 6) is 0. The van der Waals surface area contributed by atoms with Gasteiger partial charge < -0.3 is 10.5 Å². The molecule has 0 amide bonds. The van der Waals surface area contributed by atoms with Gasteiger partial charge in [0.25, 0.3) is 0 Å². The van der Waals surface area contributed by atoms with Gasteiger partial charge in [0.15, 0.2) is 0 Å². The molecule has 2 unspecified atom stereocenters. The summed E-state index contributed by atoms with van der Waals surface area (Å²) in [4.78, 5) is 2.45. The van der Waals surface area contributed by atoms with Gasteiger partial charge in [-0.3, -0.25) is 4.90 Å². The predicted molar refractivity (Wildman–Crippen MR) is 88.3 cm³/mol. The zero-order valence-electron chi connectivity index (χ0n) is 14.0. The van der Waals surface area contributed by atoms with E-state index in [4.69, 9.17) is 10.5 Å². The van der Waals surface area contributed by atoms with E-state index in [9.17, 15) is 0 Å². The first-order valence-electron chi connectivity index (χ1n) is 8.04. The number of hydrogen-bond donors (Lipinski definition) is 1. The Hall–Kier alpha value is -0.900. The molecule has 118 valence electrons. The Labute approximate surface area is 129 Å². The fourth-order valence-corrected chi connectivity index (χ4v) is 3.42. The molecule has 3 nitrogen and oxygen atoms in total. The SMILES string of the molecule is CCC1(C)CC(CN)(N(C)Cc2ccccc2C)CCO1. The second-order valence-corrected chi connectivity index (χ2v) is 6.79. The normalized spacial score (nSPS) is 29.8. The van der Waals surface area contributed by atoms with Crippen LogP contribution in [0.2, 0.25) is 0 Å². The number of aryl methyl sites for hydroxylation is 1. The van der Waals surface area contributed by atoms with E-state index < -0.39 is 0 Å². The molecule has 0 aliphatic carbocycles. The first-order valence-corrected chi connectivity index (χ1v) is 8.04. The van der Waals surface area contributed by atoms with Crippen molar-refractivity contribution < 1.29 is 4.74 Å². The van der Waals surface area contributed by atoms with E-state index in [1.165, 1.54) is 11.1 Å². The number of rotatable bonds is 5. The lowest BCUT2D eigenvalue weighted by Crippen LogP contribution is -2.59. The number of nitrogens with zero attached hydrogens (tertiary/aromatic N) is 1. The van der Waals surface area contributed by atoms with Crippen molar-refractivity contribution in [2.45, 2.75) is 57.7 Å². The summed E-state index contributed by atoms with van der Waals surface area (Å²) in [5.41, 5.74) is 8.95. The van der Waals surface area contributed by atoms with Gasteiger partial charge in [0.1, 0.15) is 0 Å². The molecule has 0 radical (unpaired) electrons. The highest BCUT2D eigenvalue weighted by Gasteiger charge is 2.44. The van der Waals surface area contributed by atoms with Crippen LogP contribution >= 0.6 is 0 Å². The predicted octanol–water partition coefficient (Wildman–Crippen LogP) is 3.10. The topological polar surface area (TPSA) is 38.5 Å². The fourth-order valence-electron chi connectivity index (χ4n) is 3.42. The van der Waals surface area contributed by atoms with Gasteiger partial charge in [-0.1, -0.05) is 31.2 Å². The molecule has 1 aliphatic heterocycles. The first-order chi connectivity index (χ1) is 9.95. The minimum atomic E-state index is -0.0440. The van der Waals surface area contributed by atoms with Crippen LogP contribution in [0.15, 0.2) is 24.3 Å². The van der Waals surface area contributed by atoms with Crippen molar-refractivity contribution in [3.05, 3.63) is 35.4 Å². The van der Waals surface area contributed by atoms with Crippen molar-refractivity contribution in [2.24, 2.45) is 5.73 Å². The number of hydrogen-bond acceptors (Lipinski definition) is 3. The van der Waals surface area contributed by atoms with Crippen LogP contribution in [0.3, 0.4) is 0 Å². The summed E-state index contributed by atoms with van der Waals surface area (Å²) in [6.07, 6.45) is 3.06. The molecule has 2 atom stereocenters. The van der Waals surface area contributed by atoms with Crippen LogP contribution in [0.25, 0.3) is 0 Å². The Bertz CT molecular complexity index is 476. The van der Waals surface area contributed by atoms with Crippen LogP contribution in [0, 0.1) is 6.92 Å². The van der Waals surface area contributed by atoms with Crippen molar-refractivity contribution in [1.29, 1.82) is 0 Å². The van der Waals surface area contributed by atoms with E-state index in [1.807, 2.05) is 0 Å². The molecule has 21 heavy (non-hydrogen) atoms. The zero-order chi connectivity index (χ0) is 15.5. The average molecular weight is 290 g/mol. The second kappa shape index (κ2) is 6.47. The summed E-state index contributed by atoms with van der Waals surface area (Å²) in [5, 5.41) is 0. The van der Waals surface area contributed by atoms with Gasteiger partial charge in [-0.2, -0.15) is 0 Å². The van der Waals surface area contributed by atoms with Crippen molar-refractivity contribution >= 4 is 0 Å². The van der Waals surface area contributed by atoms with Crippen LogP contribution in [-0.4, -0.2) is 36.2 Å². The molecule has 1 aliphatic rings. The lowest BCUT2D eigenvalue weighted by Gasteiger charge is -2.50. The van der Waals surface area contributed by atoms with Gasteiger partial charge in [0.05, 0.1) is 5.60 Å². The Balaban J connectivity index is 2.18. The molecule has 0 aromatic heterocycles. The third kappa shape index (κ3) is 3.47. The van der Waals surface area contributed by atoms with Crippen LogP contribution in [0.5, 0.6) is 0 Å². The molecule has 1 aromatic rings. The summed E-state index contributed by atoms with van der Waals surface area (Å²) >= 11 is 0. The monoisotopic (exact) mass is 290 g/mol. The Morgan fingerprint density at radius 2 is 2.05 bits per heavy atom. The quantitative estimate of drug-likeness (QED) is 0.905. The van der Waals surface area contributed by atoms with E-state index >= 15 is 0 Å². The number of likely N-dealkylation sites (N-methyl/N-ethyl adjacent to an activating group) is 1. The molecule has 0 saturated carbocycles. The lowest BCUT2D eigenvalue weighted by atomic mass is 9.78. The van der Waals surface area contributed by atoms with Gasteiger partial charge in [0, 0.05) is 25.2 Å². The molecule has 0 spiro atoms. The standard InChI is InChI=1S/C18H30N2O/c1-5-17(3)13-18(14-19,10-11-21-17)20(4)12-16-9-7-6-8-15(16)2/h6-9H,5,10-14,19H2,1-4H3. The number of benzene rings is 1. The smallest absolute Gasteiger partial charge is 0.0670 e. The molecular weight excluding hydrogens is 260 g/mol. The molecule has 3 heteroatoms. The number of ether oxygens (including phenoxy) is 1. The molecule has 0 bridgehead atoms. The van der Waals surface area contributed by atoms with Gasteiger partial charge >= 0.3 is 0 Å². The summed E-state index contributed by atoms with van der Waals surface area (Å²) in [6.45, 7) is 9.04. The zero-order valence-corrected chi connectivity index (χ0v) is 14.0. The van der Waals surface area contributed by atoms with E-state index in [1.54, 1.807) is 0 Å². The largest absolute Gasteiger partial charge is 0.375 e. The maximum Gasteiger partial charge on any atom is 0.0670 e. The van der Waals surface area contributed by atoms with E-state index in [0.717, 1.165) is 32.4 Å². The number of nitrogens with two attached hydrogens (primary N) is 1. The van der Waals surface area contributed by atoms with E-state index in [-0.39, 0.29) is 11.1 Å². The third-order valence-electron chi connectivity index (χ3n) is 5.33. The highest BCUT2D eigenvalue weighted by molar-refractivity contribution is 5.25. The Morgan fingerprint density at radius 1 is 1.33 bits per heavy atom. The molecule has 2 rings (SSSR count). The van der Waals surface area contributed by atoms with Crippen LogP contribution in [0.1, 0.15) is 44.2 Å². The van der Waals surface area contributed by atoms with Gasteiger partial charge in [-0.05, 0) is 51.3 Å². The molecule has 1 heterocycles. The summed E-state index contributed by atoms with van der Waals surface area (Å²) < 4.78 is 6.01. The van der Waals surface area contributed by atoms with Crippen molar-refractivity contribution in [1.82, 2.24) is 4.90 Å². The van der Waals surface area contributed by atoms with Gasteiger partial charge in [0.2, 0.25) is 0 Å². The minimum absolute atomic E-state index is 0.0440. The Kier molecular flexibility index (Phi) is 5.07. The van der Waals surface area contributed by atoms with E-state index in [0.29, 0.717) is 6.54 Å². The molecule has 2 N–H and O–H groups in total. The van der Waals surface area contributed by atoms with Crippen molar-refractivity contribution in [3.8, 4) is 0 Å². The van der Waals surface area contributed by atoms with Crippen molar-refractivity contribution in [3.63, 3.8) is 0 Å². The minimum Gasteiger partial charge on any atom is -0.375 e. The highest BCUT2D eigenvalue weighted by Crippen LogP contribution is 2.38. The second-order valence-electron chi connectivity index (χ2n) is 6.79. The van der Waals surface area contributed by atoms with Crippen LogP contribution in [0.4, 0.5) is 0 Å². The first kappa shape index (κ1) is 16.5. The molecule has 1 saturated heterocycles. The Morgan fingerprint density at radius 3 is 2.67 bits per heavy atom. The van der Waals surface area contributed by atoms with E-state index in [2.05, 4.69) is 57.0 Å². The fraction of sp³-hybridized carbons (Fsp3) is 0.667. The summed E-state index contributed by atoms with van der Waals surface area (Å²) in [6, 6.07) is 8.61. The van der Waals surface area contributed by atoms with Crippen LogP contribution in [-0.2, 0) is 11.3 Å². The van der Waals surface area contributed by atoms with Gasteiger partial charge in [-0.15, -0.1) is 0 Å². The molecule has 1 aromatic carbocycles. The van der Waals surface area contributed by atoms with Crippen LogP contribution < -0.4 is 5.73 Å². The average Bonchev–Trinajstić information content (AvgIpc) is 2.49. The third-order valence-corrected chi connectivity index (χ3v) is 5.33. The highest BCUT2D eigenvalue weighted by atomic mass is 16.5. The van der Waals surface area contributed by atoms with Gasteiger partial charge in [-0.25, -0.2) is 0 Å². The molecular formula is C18H30N2O. The maximum absolute atomic E-state index is 6.21. The molecule has 1 fully saturated rings. The lowest BCUT2D eigenvalue weighted by molar-refractivity contribution is -0.126. The maximum atomic E-state index is 6.21. The summed E-state index contributed by atoms with van der Waals surface area (Å²) in [7, 11) is 2.21. The van der Waals surface area contributed by atoms with Crippen molar-refractivity contribution in [2.75, 3.05) is 20.2 Å².